The van der Waals surface area contributed by atoms with Gasteiger partial charge in [0.2, 0.25) is 5.91 Å². The highest BCUT2D eigenvalue weighted by molar-refractivity contribution is 5.84. The summed E-state index contributed by atoms with van der Waals surface area (Å²) in [5.41, 5.74) is 2.96. The van der Waals surface area contributed by atoms with Crippen LogP contribution < -0.4 is 0 Å². The third-order valence-electron chi connectivity index (χ3n) is 5.25. The number of unbranched alkanes of at least 4 members (excludes halogenated alkanes) is 1. The van der Waals surface area contributed by atoms with Crippen molar-refractivity contribution >= 4 is 11.9 Å². The van der Waals surface area contributed by atoms with Crippen LogP contribution in [-0.4, -0.2) is 34.5 Å². The minimum atomic E-state index is -0.862. The minimum absolute atomic E-state index is 0.0182. The molecule has 1 heterocycles. The van der Waals surface area contributed by atoms with Crippen LogP contribution in [0.3, 0.4) is 0 Å². The molecule has 0 unspecified atom stereocenters. The Morgan fingerprint density at radius 2 is 1.83 bits per heavy atom. The van der Waals surface area contributed by atoms with Gasteiger partial charge in [-0.3, -0.25) is 4.79 Å². The quantitative estimate of drug-likeness (QED) is 0.821. The number of amides is 1. The van der Waals surface area contributed by atoms with Gasteiger partial charge in [0.05, 0.1) is 0 Å². The van der Waals surface area contributed by atoms with Gasteiger partial charge in [-0.2, -0.15) is 0 Å². The third-order valence-corrected chi connectivity index (χ3v) is 5.25. The Hall–Kier alpha value is -1.84. The second kappa shape index (κ2) is 7.16. The molecule has 4 heteroatoms. The summed E-state index contributed by atoms with van der Waals surface area (Å²) in [6, 6.07) is 8.06. The lowest BCUT2D eigenvalue weighted by Crippen LogP contribution is -2.40. The molecular formula is C19H25NO3. The number of aliphatic carboxylic acids is 1. The van der Waals surface area contributed by atoms with Crippen molar-refractivity contribution in [2.75, 3.05) is 6.54 Å². The molecule has 1 aliphatic carbocycles. The maximum atomic E-state index is 12.2. The molecule has 23 heavy (non-hydrogen) atoms. The number of likely N-dealkylation sites (tertiary alicyclic amines) is 1. The van der Waals surface area contributed by atoms with Gasteiger partial charge in [-0.1, -0.05) is 30.7 Å². The van der Waals surface area contributed by atoms with Gasteiger partial charge in [-0.25, -0.2) is 4.79 Å². The topological polar surface area (TPSA) is 57.6 Å². The number of carbonyl (C=O) groups excluding carboxylic acids is 1. The van der Waals surface area contributed by atoms with Crippen molar-refractivity contribution < 1.29 is 14.7 Å². The first-order chi connectivity index (χ1) is 11.1. The zero-order valence-electron chi connectivity index (χ0n) is 13.5. The van der Waals surface area contributed by atoms with E-state index < -0.39 is 12.0 Å². The highest BCUT2D eigenvalue weighted by Gasteiger charge is 2.33. The Balaban J connectivity index is 1.38. The zero-order valence-corrected chi connectivity index (χ0v) is 13.5. The van der Waals surface area contributed by atoms with Crippen molar-refractivity contribution in [2.24, 2.45) is 5.92 Å². The van der Waals surface area contributed by atoms with Gasteiger partial charge in [-0.15, -0.1) is 0 Å². The molecule has 0 bridgehead atoms. The first kappa shape index (κ1) is 16.0. The van der Waals surface area contributed by atoms with Gasteiger partial charge < -0.3 is 10.0 Å². The highest BCUT2D eigenvalue weighted by atomic mass is 16.4. The largest absolute Gasteiger partial charge is 0.480 e. The lowest BCUT2D eigenvalue weighted by molar-refractivity contribution is -0.148. The van der Waals surface area contributed by atoms with Crippen LogP contribution in [0.5, 0.6) is 0 Å². The summed E-state index contributed by atoms with van der Waals surface area (Å²) in [6.07, 6.45) is 7.30. The fourth-order valence-electron chi connectivity index (χ4n) is 4.03. The summed E-state index contributed by atoms with van der Waals surface area (Å²) in [5.74, 6) is -0.134. The van der Waals surface area contributed by atoms with Crippen LogP contribution in [0, 0.1) is 5.92 Å². The molecule has 3 rings (SSSR count). The molecule has 1 amide bonds. The van der Waals surface area contributed by atoms with Gasteiger partial charge >= 0.3 is 5.97 Å². The summed E-state index contributed by atoms with van der Waals surface area (Å²) in [7, 11) is 0. The summed E-state index contributed by atoms with van der Waals surface area (Å²) in [4.78, 5) is 24.9. The molecule has 1 aromatic rings. The lowest BCUT2D eigenvalue weighted by atomic mass is 9.98. The van der Waals surface area contributed by atoms with E-state index in [1.807, 2.05) is 0 Å². The Morgan fingerprint density at radius 3 is 2.48 bits per heavy atom. The van der Waals surface area contributed by atoms with Crippen molar-refractivity contribution in [3.05, 3.63) is 35.4 Å². The van der Waals surface area contributed by atoms with Crippen molar-refractivity contribution in [3.8, 4) is 0 Å². The van der Waals surface area contributed by atoms with E-state index in [0.29, 0.717) is 25.3 Å². The van der Waals surface area contributed by atoms with Gasteiger partial charge in [0, 0.05) is 13.0 Å². The Bertz CT molecular complexity index is 559. The molecule has 0 saturated carbocycles. The average molecular weight is 315 g/mol. The predicted molar refractivity (Wildman–Crippen MR) is 88.2 cm³/mol. The van der Waals surface area contributed by atoms with E-state index in [4.69, 9.17) is 5.11 Å². The molecule has 0 radical (unpaired) electrons. The van der Waals surface area contributed by atoms with Crippen LogP contribution in [0.4, 0.5) is 0 Å². The molecule has 1 aliphatic heterocycles. The zero-order chi connectivity index (χ0) is 16.2. The van der Waals surface area contributed by atoms with Gasteiger partial charge in [0.25, 0.3) is 0 Å². The normalized spacial score (nSPS) is 20.7. The van der Waals surface area contributed by atoms with E-state index in [0.717, 1.165) is 38.5 Å². The second-order valence-electron chi connectivity index (χ2n) is 6.87. The van der Waals surface area contributed by atoms with E-state index in [2.05, 4.69) is 24.3 Å². The summed E-state index contributed by atoms with van der Waals surface area (Å²) in [6.45, 7) is 0.605. The van der Waals surface area contributed by atoms with Crippen molar-refractivity contribution in [1.29, 1.82) is 0 Å². The Labute approximate surface area is 137 Å². The van der Waals surface area contributed by atoms with Crippen LogP contribution >= 0.6 is 0 Å². The SMILES string of the molecule is O=C(O)[C@@H]1CCCN1C(=O)CCCCC1Cc2ccccc2C1. The maximum absolute atomic E-state index is 12.2. The van der Waals surface area contributed by atoms with Crippen LogP contribution in [0.25, 0.3) is 0 Å². The van der Waals surface area contributed by atoms with Gasteiger partial charge in [-0.05, 0) is 55.6 Å². The van der Waals surface area contributed by atoms with Crippen molar-refractivity contribution in [1.82, 2.24) is 4.90 Å². The highest BCUT2D eigenvalue weighted by Crippen LogP contribution is 2.30. The first-order valence-electron chi connectivity index (χ1n) is 8.74. The van der Waals surface area contributed by atoms with E-state index in [-0.39, 0.29) is 5.91 Å². The van der Waals surface area contributed by atoms with Crippen LogP contribution in [0.1, 0.15) is 49.7 Å². The van der Waals surface area contributed by atoms with Crippen LogP contribution in [0.15, 0.2) is 24.3 Å². The van der Waals surface area contributed by atoms with Gasteiger partial charge in [0.1, 0.15) is 6.04 Å². The fraction of sp³-hybridized carbons (Fsp3) is 0.579. The minimum Gasteiger partial charge on any atom is -0.480 e. The number of hydrogen-bond donors (Lipinski definition) is 1. The summed E-state index contributed by atoms with van der Waals surface area (Å²) >= 11 is 0. The van der Waals surface area contributed by atoms with Crippen molar-refractivity contribution in [3.63, 3.8) is 0 Å². The van der Waals surface area contributed by atoms with E-state index >= 15 is 0 Å². The standard InChI is InChI=1S/C19H25NO3/c21-18(20-11-5-9-17(20)19(22)23)10-4-1-6-14-12-15-7-2-3-8-16(15)13-14/h2-3,7-8,14,17H,1,4-6,9-13H2,(H,22,23)/t17-/m0/s1. The summed E-state index contributed by atoms with van der Waals surface area (Å²) in [5, 5.41) is 9.14. The number of carboxylic acids is 1. The number of nitrogens with zero attached hydrogens (tertiary/aromatic N) is 1. The molecule has 4 nitrogen and oxygen atoms in total. The van der Waals surface area contributed by atoms with Crippen LogP contribution in [0.2, 0.25) is 0 Å². The molecule has 1 saturated heterocycles. The van der Waals surface area contributed by atoms with Crippen LogP contribution in [-0.2, 0) is 22.4 Å². The van der Waals surface area contributed by atoms with E-state index in [9.17, 15) is 9.59 Å². The predicted octanol–water partition coefficient (Wildman–Crippen LogP) is 3.04. The molecule has 0 spiro atoms. The molecule has 0 aromatic heterocycles. The Morgan fingerprint density at radius 1 is 1.13 bits per heavy atom. The maximum Gasteiger partial charge on any atom is 0.326 e. The Kier molecular flexibility index (Phi) is 4.99. The smallest absolute Gasteiger partial charge is 0.326 e. The summed E-state index contributed by atoms with van der Waals surface area (Å²) < 4.78 is 0. The molecule has 1 fully saturated rings. The fourth-order valence-corrected chi connectivity index (χ4v) is 4.03. The number of fused-ring (bicyclic) bond motifs is 1. The molecular weight excluding hydrogens is 290 g/mol. The van der Waals surface area contributed by atoms with Crippen molar-refractivity contribution in [2.45, 2.75) is 57.4 Å². The average Bonchev–Trinajstić information content (AvgIpc) is 3.17. The number of carbonyl (C=O) groups is 2. The van der Waals surface area contributed by atoms with E-state index in [1.165, 1.54) is 11.1 Å². The second-order valence-corrected chi connectivity index (χ2v) is 6.87. The third kappa shape index (κ3) is 3.74. The van der Waals surface area contributed by atoms with Gasteiger partial charge in [0.15, 0.2) is 0 Å². The van der Waals surface area contributed by atoms with E-state index in [1.54, 1.807) is 4.90 Å². The number of benzene rings is 1. The molecule has 1 N–H and O–H groups in total. The monoisotopic (exact) mass is 315 g/mol. The first-order valence-corrected chi connectivity index (χ1v) is 8.74. The molecule has 1 aromatic carbocycles. The number of hydrogen-bond acceptors (Lipinski definition) is 2. The number of carboxylic acid groups (broad SMARTS) is 1. The molecule has 2 aliphatic rings. The molecule has 124 valence electrons. The number of rotatable bonds is 6. The molecule has 1 atom stereocenters. The lowest BCUT2D eigenvalue weighted by Gasteiger charge is -2.21.